The van der Waals surface area contributed by atoms with Crippen molar-refractivity contribution < 1.29 is 9.31 Å². The smallest absolute Gasteiger partial charge is 0.407 e. The first-order chi connectivity index (χ1) is 5.94. The second-order valence-electron chi connectivity index (χ2n) is 5.45. The van der Waals surface area contributed by atoms with Crippen molar-refractivity contribution in [2.45, 2.75) is 52.2 Å². The maximum absolute atomic E-state index is 5.58. The van der Waals surface area contributed by atoms with Gasteiger partial charge in [-0.25, -0.2) is 0 Å². The van der Waals surface area contributed by atoms with Crippen LogP contribution in [0.25, 0.3) is 0 Å². The van der Waals surface area contributed by atoms with E-state index in [9.17, 15) is 0 Å². The van der Waals surface area contributed by atoms with Crippen LogP contribution in [0.15, 0.2) is 0 Å². The molecule has 1 aliphatic heterocycles. The Balaban J connectivity index is 2.20. The van der Waals surface area contributed by atoms with Gasteiger partial charge in [0, 0.05) is 0 Å². The van der Waals surface area contributed by atoms with Gasteiger partial charge in [-0.3, -0.25) is 0 Å². The van der Waals surface area contributed by atoms with Crippen LogP contribution < -0.4 is 0 Å². The second kappa shape index (κ2) is 2.74. The summed E-state index contributed by atoms with van der Waals surface area (Å²) in [6.45, 7) is 9.11. The first-order valence-corrected chi connectivity index (χ1v) is 5.09. The molecule has 1 radical (unpaired) electrons. The lowest BCUT2D eigenvalue weighted by atomic mass is 9.63. The zero-order valence-corrected chi connectivity index (χ0v) is 8.96. The molecule has 1 heterocycles. The van der Waals surface area contributed by atoms with Gasteiger partial charge in [-0.2, -0.15) is 0 Å². The highest BCUT2D eigenvalue weighted by atomic mass is 16.6. The van der Waals surface area contributed by atoms with Crippen LogP contribution in [0.3, 0.4) is 0 Å². The van der Waals surface area contributed by atoms with Gasteiger partial charge in [0.05, 0.1) is 11.7 Å². The monoisotopic (exact) mass is 181 g/mol. The molecule has 1 aliphatic carbocycles. The van der Waals surface area contributed by atoms with Crippen molar-refractivity contribution >= 4 is 7.69 Å². The summed E-state index contributed by atoms with van der Waals surface area (Å²) in [7, 11) is 1.53. The molecule has 2 rings (SSSR count). The standard InChI is InChI=1S/C10H18BO2/c1-7-5-8-10(4,13-11-12-8)6-9(7,2)3/h7-8H,5-6H2,1-4H3/t7-,8+,10-/m0/s1. The van der Waals surface area contributed by atoms with E-state index in [-0.39, 0.29) is 11.7 Å². The molecule has 0 aromatic heterocycles. The fourth-order valence-corrected chi connectivity index (χ4v) is 2.60. The molecule has 0 bridgehead atoms. The van der Waals surface area contributed by atoms with Crippen LogP contribution in [-0.4, -0.2) is 19.4 Å². The van der Waals surface area contributed by atoms with E-state index in [0.717, 1.165) is 12.8 Å². The minimum absolute atomic E-state index is 0.0734. The summed E-state index contributed by atoms with van der Waals surface area (Å²) in [6.07, 6.45) is 2.47. The van der Waals surface area contributed by atoms with E-state index >= 15 is 0 Å². The molecule has 0 aromatic carbocycles. The highest BCUT2D eigenvalue weighted by Gasteiger charge is 2.51. The fourth-order valence-electron chi connectivity index (χ4n) is 2.60. The van der Waals surface area contributed by atoms with E-state index in [1.165, 1.54) is 7.69 Å². The number of rotatable bonds is 0. The largest absolute Gasteiger partial charge is 0.488 e. The lowest BCUT2D eigenvalue weighted by Crippen LogP contribution is -2.49. The summed E-state index contributed by atoms with van der Waals surface area (Å²) in [6, 6.07) is 0. The van der Waals surface area contributed by atoms with Crippen molar-refractivity contribution in [1.29, 1.82) is 0 Å². The lowest BCUT2D eigenvalue weighted by molar-refractivity contribution is -0.0573. The van der Waals surface area contributed by atoms with Gasteiger partial charge in [0.1, 0.15) is 0 Å². The van der Waals surface area contributed by atoms with E-state index in [4.69, 9.17) is 9.31 Å². The van der Waals surface area contributed by atoms with Crippen molar-refractivity contribution in [3.63, 3.8) is 0 Å². The van der Waals surface area contributed by atoms with Gasteiger partial charge in [-0.05, 0) is 31.1 Å². The van der Waals surface area contributed by atoms with Crippen molar-refractivity contribution in [2.75, 3.05) is 0 Å². The summed E-state index contributed by atoms with van der Waals surface area (Å²) in [5, 5.41) is 0. The molecule has 0 spiro atoms. The van der Waals surface area contributed by atoms with E-state index in [1.54, 1.807) is 0 Å². The molecular formula is C10H18BO2. The van der Waals surface area contributed by atoms with Gasteiger partial charge in [0.25, 0.3) is 0 Å². The fraction of sp³-hybridized carbons (Fsp3) is 1.00. The van der Waals surface area contributed by atoms with Gasteiger partial charge in [0.15, 0.2) is 0 Å². The molecule has 0 N–H and O–H groups in total. The Hall–Kier alpha value is -0.0151. The van der Waals surface area contributed by atoms with Crippen LogP contribution in [0.5, 0.6) is 0 Å². The third-order valence-corrected chi connectivity index (χ3v) is 3.93. The van der Waals surface area contributed by atoms with Gasteiger partial charge < -0.3 is 9.31 Å². The van der Waals surface area contributed by atoms with Crippen LogP contribution in [0.2, 0.25) is 0 Å². The SMILES string of the molecule is C[C@H]1C[C@H]2O[B]O[C@@]2(C)CC1(C)C. The maximum Gasteiger partial charge on any atom is 0.488 e. The molecular weight excluding hydrogens is 163 g/mol. The number of fused-ring (bicyclic) bond motifs is 1. The van der Waals surface area contributed by atoms with Gasteiger partial charge in [-0.15, -0.1) is 0 Å². The Bertz CT molecular complexity index is 217. The highest BCUT2D eigenvalue weighted by Crippen LogP contribution is 2.49. The van der Waals surface area contributed by atoms with Crippen molar-refractivity contribution in [1.82, 2.24) is 0 Å². The molecule has 1 saturated carbocycles. The Labute approximate surface area is 81.3 Å². The molecule has 1 saturated heterocycles. The van der Waals surface area contributed by atoms with Crippen LogP contribution in [0, 0.1) is 11.3 Å². The Morgan fingerprint density at radius 2 is 2.00 bits per heavy atom. The molecule has 2 aliphatic rings. The highest BCUT2D eigenvalue weighted by molar-refractivity contribution is 6.19. The van der Waals surface area contributed by atoms with E-state index in [2.05, 4.69) is 27.7 Å². The average molecular weight is 181 g/mol. The molecule has 3 heteroatoms. The summed E-state index contributed by atoms with van der Waals surface area (Å²) in [4.78, 5) is 0. The van der Waals surface area contributed by atoms with Crippen molar-refractivity contribution in [3.8, 4) is 0 Å². The Kier molecular flexibility index (Phi) is 2.01. The van der Waals surface area contributed by atoms with Crippen LogP contribution in [0.1, 0.15) is 40.5 Å². The third-order valence-electron chi connectivity index (χ3n) is 3.93. The molecule has 73 valence electrons. The van der Waals surface area contributed by atoms with Crippen molar-refractivity contribution in [3.05, 3.63) is 0 Å². The van der Waals surface area contributed by atoms with Gasteiger partial charge in [0.2, 0.25) is 0 Å². The first kappa shape index (κ1) is 9.54. The van der Waals surface area contributed by atoms with Gasteiger partial charge >= 0.3 is 7.69 Å². The predicted octanol–water partition coefficient (Wildman–Crippen LogP) is 2.15. The number of hydrogen-bond donors (Lipinski definition) is 0. The lowest BCUT2D eigenvalue weighted by Gasteiger charge is -2.47. The molecule has 0 amide bonds. The molecule has 2 nitrogen and oxygen atoms in total. The zero-order valence-electron chi connectivity index (χ0n) is 8.96. The van der Waals surface area contributed by atoms with Crippen LogP contribution >= 0.6 is 0 Å². The Morgan fingerprint density at radius 1 is 1.31 bits per heavy atom. The molecule has 0 aromatic rings. The quantitative estimate of drug-likeness (QED) is 0.533. The van der Waals surface area contributed by atoms with E-state index < -0.39 is 0 Å². The normalized spacial score (nSPS) is 48.3. The average Bonchev–Trinajstić information content (AvgIpc) is 2.30. The second-order valence-corrected chi connectivity index (χ2v) is 5.45. The van der Waals surface area contributed by atoms with Crippen LogP contribution in [0.4, 0.5) is 0 Å². The third kappa shape index (κ3) is 1.42. The van der Waals surface area contributed by atoms with Gasteiger partial charge in [-0.1, -0.05) is 20.8 Å². The summed E-state index contributed by atoms with van der Waals surface area (Å²) in [5.74, 6) is 0.709. The summed E-state index contributed by atoms with van der Waals surface area (Å²) < 4.78 is 11.1. The zero-order chi connectivity index (χ0) is 9.69. The number of hydrogen-bond acceptors (Lipinski definition) is 2. The molecule has 0 unspecified atom stereocenters. The predicted molar refractivity (Wildman–Crippen MR) is 52.3 cm³/mol. The molecule has 3 atom stereocenters. The Morgan fingerprint density at radius 3 is 2.69 bits per heavy atom. The van der Waals surface area contributed by atoms with E-state index in [0.29, 0.717) is 11.3 Å². The molecule has 2 fully saturated rings. The first-order valence-electron chi connectivity index (χ1n) is 5.09. The molecule has 13 heavy (non-hydrogen) atoms. The van der Waals surface area contributed by atoms with Crippen LogP contribution in [-0.2, 0) is 9.31 Å². The minimum Gasteiger partial charge on any atom is -0.407 e. The van der Waals surface area contributed by atoms with E-state index in [1.807, 2.05) is 0 Å². The van der Waals surface area contributed by atoms with Crippen molar-refractivity contribution in [2.24, 2.45) is 11.3 Å². The summed E-state index contributed by atoms with van der Waals surface area (Å²) in [5.41, 5.74) is 0.294. The minimum atomic E-state index is -0.0734. The summed E-state index contributed by atoms with van der Waals surface area (Å²) >= 11 is 0. The topological polar surface area (TPSA) is 18.5 Å². The maximum atomic E-state index is 5.58.